The molecule has 49 heavy (non-hydrogen) atoms. The molecular formula is C37H29F3Ir2N3O2PtS-3. The summed E-state index contributed by atoms with van der Waals surface area (Å²) in [6.45, 7) is 2.85. The second kappa shape index (κ2) is 24.7. The van der Waals surface area contributed by atoms with E-state index in [0.29, 0.717) is 11.3 Å². The second-order valence-electron chi connectivity index (χ2n) is 9.20. The summed E-state index contributed by atoms with van der Waals surface area (Å²) < 4.78 is 36.9. The number of pyridine rings is 3. The zero-order valence-electron chi connectivity index (χ0n) is 25.9. The number of allylic oxidation sites excluding steroid dienone is 2. The van der Waals surface area contributed by atoms with Gasteiger partial charge in [-0.3, -0.25) is 4.79 Å². The van der Waals surface area contributed by atoms with Crippen molar-refractivity contribution in [2.75, 3.05) is 0 Å². The summed E-state index contributed by atoms with van der Waals surface area (Å²) in [5.74, 6) is -0.0625. The Bertz CT molecular complexity index is 1710. The van der Waals surface area contributed by atoms with E-state index in [1.54, 1.807) is 48.1 Å². The maximum absolute atomic E-state index is 12.3. The third-order valence-electron chi connectivity index (χ3n) is 5.51. The summed E-state index contributed by atoms with van der Waals surface area (Å²) in [5, 5.41) is 10.4. The van der Waals surface area contributed by atoms with E-state index in [-0.39, 0.29) is 72.8 Å². The van der Waals surface area contributed by atoms with Gasteiger partial charge in [-0.15, -0.1) is 71.1 Å². The number of nitrogens with zero attached hydrogens (tertiary/aromatic N) is 3. The van der Waals surface area contributed by atoms with Gasteiger partial charge in [0.1, 0.15) is 0 Å². The van der Waals surface area contributed by atoms with Crippen LogP contribution in [0.3, 0.4) is 0 Å². The van der Waals surface area contributed by atoms with E-state index in [9.17, 15) is 18.0 Å². The van der Waals surface area contributed by atoms with Crippen LogP contribution < -0.4 is 0 Å². The third kappa shape index (κ3) is 17.7. The van der Waals surface area contributed by atoms with Crippen LogP contribution in [0.25, 0.3) is 33.1 Å². The normalized spacial score (nSPS) is 9.94. The summed E-state index contributed by atoms with van der Waals surface area (Å²) in [6.07, 6.45) is 2.01. The fourth-order valence-electron chi connectivity index (χ4n) is 3.53. The number of ketones is 1. The number of rotatable bonds is 4. The molecule has 0 amide bonds. The number of alkyl halides is 3. The van der Waals surface area contributed by atoms with Gasteiger partial charge in [0.15, 0.2) is 5.78 Å². The van der Waals surface area contributed by atoms with Crippen LogP contribution in [0.1, 0.15) is 19.4 Å². The summed E-state index contributed by atoms with van der Waals surface area (Å²) >= 11 is 1.66. The molecule has 0 saturated heterocycles. The number of benzene rings is 2. The molecular weight excluding hydrogens is 1190 g/mol. The predicted molar refractivity (Wildman–Crippen MR) is 175 cm³/mol. The number of carbonyl (C=O) groups is 1. The van der Waals surface area contributed by atoms with Crippen LogP contribution in [0.2, 0.25) is 0 Å². The van der Waals surface area contributed by atoms with Gasteiger partial charge in [0.25, 0.3) is 0 Å². The molecule has 12 heteroatoms. The second-order valence-corrected chi connectivity index (χ2v) is 10.1. The van der Waals surface area contributed by atoms with Gasteiger partial charge in [-0.05, 0) is 54.7 Å². The molecule has 0 fully saturated rings. The van der Waals surface area contributed by atoms with E-state index in [0.717, 1.165) is 34.0 Å². The van der Waals surface area contributed by atoms with Gasteiger partial charge >= 0.3 is 6.18 Å². The number of aromatic nitrogens is 3. The molecule has 6 aromatic rings. The van der Waals surface area contributed by atoms with E-state index in [1.807, 2.05) is 72.1 Å². The fourth-order valence-corrected chi connectivity index (χ4v) is 4.18. The van der Waals surface area contributed by atoms with Crippen molar-refractivity contribution in [3.63, 3.8) is 0 Å². The molecule has 2 aromatic carbocycles. The van der Waals surface area contributed by atoms with Crippen molar-refractivity contribution in [2.45, 2.75) is 20.0 Å². The minimum Gasteiger partial charge on any atom is -0.512 e. The zero-order chi connectivity index (χ0) is 33.2. The van der Waals surface area contributed by atoms with Gasteiger partial charge in [-0.2, -0.15) is 25.3 Å². The van der Waals surface area contributed by atoms with Crippen molar-refractivity contribution < 1.29 is 84.3 Å². The Kier molecular flexibility index (Phi) is 22.9. The molecule has 0 aliphatic rings. The van der Waals surface area contributed by atoms with E-state index in [1.165, 1.54) is 26.0 Å². The number of aliphatic hydroxyl groups excluding tert-OH is 1. The Morgan fingerprint density at radius 1 is 0.714 bits per heavy atom. The van der Waals surface area contributed by atoms with Crippen molar-refractivity contribution in [1.29, 1.82) is 0 Å². The first-order valence-electron chi connectivity index (χ1n) is 13.8. The zero-order valence-corrected chi connectivity index (χ0v) is 33.8. The van der Waals surface area contributed by atoms with Crippen LogP contribution >= 0.6 is 11.3 Å². The van der Waals surface area contributed by atoms with Crippen molar-refractivity contribution in [3.05, 3.63) is 163 Å². The van der Waals surface area contributed by atoms with Crippen molar-refractivity contribution in [3.8, 4) is 33.1 Å². The van der Waals surface area contributed by atoms with Crippen molar-refractivity contribution >= 4 is 17.1 Å². The van der Waals surface area contributed by atoms with Gasteiger partial charge in [-0.25, -0.2) is 11.3 Å². The van der Waals surface area contributed by atoms with Gasteiger partial charge in [0.2, 0.25) is 0 Å². The minimum absolute atomic E-state index is 0. The molecule has 4 aromatic heterocycles. The molecule has 0 saturated carbocycles. The molecule has 0 aliphatic carbocycles. The summed E-state index contributed by atoms with van der Waals surface area (Å²) in [6, 6.07) is 38.9. The fraction of sp³-hybridized carbons (Fsp3) is 0.0811. The number of hydrogen-bond donors (Lipinski definition) is 1. The molecule has 0 aliphatic heterocycles. The molecule has 262 valence electrons. The van der Waals surface area contributed by atoms with E-state index >= 15 is 0 Å². The van der Waals surface area contributed by atoms with Crippen LogP contribution in [-0.4, -0.2) is 25.8 Å². The smallest absolute Gasteiger partial charge is 0.381 e. The van der Waals surface area contributed by atoms with Crippen molar-refractivity contribution in [1.82, 2.24) is 15.0 Å². The largest absolute Gasteiger partial charge is 0.512 e. The van der Waals surface area contributed by atoms with E-state index in [2.05, 4.69) is 33.2 Å². The predicted octanol–water partition coefficient (Wildman–Crippen LogP) is 9.76. The molecule has 0 unspecified atom stereocenters. The molecule has 0 spiro atoms. The summed E-state index contributed by atoms with van der Waals surface area (Å²) in [4.78, 5) is 23.6. The molecule has 2 radical (unpaired) electrons. The Balaban J connectivity index is 0.000000636. The molecule has 0 atom stereocenters. The maximum Gasteiger partial charge on any atom is 0.381 e. The summed E-state index contributed by atoms with van der Waals surface area (Å²) in [7, 11) is 0. The number of aliphatic hydroxyl groups is 1. The van der Waals surface area contributed by atoms with E-state index in [4.69, 9.17) is 5.11 Å². The van der Waals surface area contributed by atoms with Gasteiger partial charge in [0, 0.05) is 85.9 Å². The van der Waals surface area contributed by atoms with Gasteiger partial charge in [0.05, 0.1) is 5.76 Å². The summed E-state index contributed by atoms with van der Waals surface area (Å²) in [5.41, 5.74) is 3.47. The first-order chi connectivity index (χ1) is 22.1. The molecule has 0 bridgehead atoms. The first kappa shape index (κ1) is 45.6. The van der Waals surface area contributed by atoms with Crippen molar-refractivity contribution in [2.24, 2.45) is 0 Å². The van der Waals surface area contributed by atoms with Crippen LogP contribution in [0.15, 0.2) is 139 Å². The van der Waals surface area contributed by atoms with E-state index < -0.39 is 11.7 Å². The van der Waals surface area contributed by atoms with Crippen LogP contribution in [0, 0.1) is 18.2 Å². The van der Waals surface area contributed by atoms with Crippen LogP contribution in [0.4, 0.5) is 13.2 Å². The minimum atomic E-state index is -4.32. The first-order valence-corrected chi connectivity index (χ1v) is 14.6. The standard InChI is InChI=1S/C12H7F3N.C11H8N.C9H6NS.C5H8O2.2Ir.Pt/c13-12(14,15)10-6-4-9(5-7-10)11-3-1-2-8-16-11;1-2-6-10(7-3-1)11-8-4-5-9-12-11;1-2-6-10-8(4-1)9-5-3-7-11-9;1-4(6)3-5(2)7;;;/h1-4,6-8H;1-6,8-9H;1-4,6-7H;3,6H,1-2H3;;;/q3*-1;;;;. The average Bonchev–Trinajstić information content (AvgIpc) is 3.62. The third-order valence-corrected chi connectivity index (χ3v) is 6.34. The number of halogens is 3. The molecule has 6 rings (SSSR count). The Hall–Kier alpha value is -3.42. The monoisotopic (exact) mass is 1220 g/mol. The number of carbonyl (C=O) groups excluding carboxylic acids is 1. The maximum atomic E-state index is 12.3. The molecule has 4 heterocycles. The Labute approximate surface area is 329 Å². The molecule has 1 N–H and O–H groups in total. The Morgan fingerprint density at radius 2 is 1.24 bits per heavy atom. The van der Waals surface area contributed by atoms with Crippen LogP contribution in [-0.2, 0) is 72.2 Å². The number of hydrogen-bond acceptors (Lipinski definition) is 6. The quantitative estimate of drug-likeness (QED) is 0.108. The SMILES string of the molecule is CC(=O)C=C(C)O.FC(F)(F)c1c[c-]c(-c2ccccn2)cc1.[Ir].[Ir].[Pt].[c-]1ccccc1-c1ccccn1.[c-]1ccsc1-c1ccccn1. The molecule has 5 nitrogen and oxygen atoms in total. The van der Waals surface area contributed by atoms with Crippen LogP contribution in [0.5, 0.6) is 0 Å². The Morgan fingerprint density at radius 3 is 1.59 bits per heavy atom. The topological polar surface area (TPSA) is 76.0 Å². The van der Waals surface area contributed by atoms with Gasteiger partial charge < -0.3 is 20.1 Å². The van der Waals surface area contributed by atoms with Gasteiger partial charge in [-0.1, -0.05) is 41.3 Å². The average molecular weight is 1220 g/mol. The number of thiophene rings is 1.